The number of likely N-dealkylation sites (tertiary alicyclic amines) is 1. The van der Waals surface area contributed by atoms with Crippen molar-refractivity contribution in [2.45, 2.75) is 46.5 Å². The lowest BCUT2D eigenvalue weighted by Gasteiger charge is -2.34. The van der Waals surface area contributed by atoms with Gasteiger partial charge in [0.2, 0.25) is 0 Å². The van der Waals surface area contributed by atoms with Crippen LogP contribution in [0.4, 0.5) is 0 Å². The van der Waals surface area contributed by atoms with Gasteiger partial charge in [0, 0.05) is 26.7 Å². The lowest BCUT2D eigenvalue weighted by molar-refractivity contribution is -0.149. The number of unbranched alkanes of at least 4 members (excludes halogenated alkanes) is 1. The largest absolute Gasteiger partial charge is 0.466 e. The van der Waals surface area contributed by atoms with Crippen molar-refractivity contribution in [2.75, 3.05) is 52.9 Å². The van der Waals surface area contributed by atoms with Gasteiger partial charge in [0.05, 0.1) is 12.5 Å². The fourth-order valence-electron chi connectivity index (χ4n) is 3.15. The number of piperidine rings is 1. The fourth-order valence-corrected chi connectivity index (χ4v) is 3.15. The summed E-state index contributed by atoms with van der Waals surface area (Å²) >= 11 is 0. The number of rotatable bonds is 9. The van der Waals surface area contributed by atoms with Crippen molar-refractivity contribution >= 4 is 11.9 Å². The van der Waals surface area contributed by atoms with Gasteiger partial charge in [0.1, 0.15) is 0 Å². The molecular weight excluding hydrogens is 304 g/mol. The summed E-state index contributed by atoms with van der Waals surface area (Å²) < 4.78 is 5.17. The van der Waals surface area contributed by atoms with Gasteiger partial charge in [-0.15, -0.1) is 0 Å². The Morgan fingerprint density at radius 1 is 1.29 bits per heavy atom. The van der Waals surface area contributed by atoms with Crippen molar-refractivity contribution < 1.29 is 9.53 Å². The van der Waals surface area contributed by atoms with Crippen molar-refractivity contribution in [3.8, 4) is 0 Å². The van der Waals surface area contributed by atoms with Crippen molar-refractivity contribution in [1.29, 1.82) is 0 Å². The first-order chi connectivity index (χ1) is 11.7. The number of hydrogen-bond acceptors (Lipinski definition) is 4. The van der Waals surface area contributed by atoms with Crippen LogP contribution in [0.5, 0.6) is 0 Å². The highest BCUT2D eigenvalue weighted by Gasteiger charge is 2.28. The minimum Gasteiger partial charge on any atom is -0.466 e. The third kappa shape index (κ3) is 7.07. The average molecular weight is 341 g/mol. The van der Waals surface area contributed by atoms with Gasteiger partial charge in [0.15, 0.2) is 5.96 Å². The van der Waals surface area contributed by atoms with Gasteiger partial charge in [-0.25, -0.2) is 0 Å². The maximum Gasteiger partial charge on any atom is 0.310 e. The van der Waals surface area contributed by atoms with Gasteiger partial charge in [-0.1, -0.05) is 13.8 Å². The number of guanidine groups is 1. The van der Waals surface area contributed by atoms with Crippen molar-refractivity contribution in [2.24, 2.45) is 10.9 Å². The predicted octanol–water partition coefficient (Wildman–Crippen LogP) is 1.96. The minimum absolute atomic E-state index is 0.0279. The van der Waals surface area contributed by atoms with E-state index in [4.69, 9.17) is 4.74 Å². The molecule has 140 valence electrons. The van der Waals surface area contributed by atoms with E-state index in [-0.39, 0.29) is 11.9 Å². The van der Waals surface area contributed by atoms with Crippen LogP contribution in [0.15, 0.2) is 4.99 Å². The molecule has 1 N–H and O–H groups in total. The Morgan fingerprint density at radius 2 is 2.04 bits per heavy atom. The van der Waals surface area contributed by atoms with Crippen LogP contribution in [-0.4, -0.2) is 74.7 Å². The number of carbonyl (C=O) groups excluding carboxylic acids is 1. The Kier molecular flexibility index (Phi) is 10.5. The molecule has 0 aromatic carbocycles. The van der Waals surface area contributed by atoms with Gasteiger partial charge in [0.25, 0.3) is 0 Å². The van der Waals surface area contributed by atoms with Crippen molar-refractivity contribution in [1.82, 2.24) is 15.1 Å². The number of hydrogen-bond donors (Lipinski definition) is 1. The number of nitrogens with one attached hydrogen (secondary N) is 1. The van der Waals surface area contributed by atoms with E-state index >= 15 is 0 Å². The van der Waals surface area contributed by atoms with E-state index in [2.05, 4.69) is 34.0 Å². The molecule has 0 spiro atoms. The fraction of sp³-hybridized carbons (Fsp3) is 0.889. The summed E-state index contributed by atoms with van der Waals surface area (Å²) in [4.78, 5) is 21.0. The number of aliphatic imine (C=N–C) groups is 1. The quantitative estimate of drug-likeness (QED) is 0.301. The smallest absolute Gasteiger partial charge is 0.310 e. The standard InChI is InChI=1S/C18H36N4O2/c1-5-21(6-2)13-9-8-12-20-18(19-4)22-14-10-11-16(15-22)17(23)24-7-3/h16H,5-15H2,1-4H3,(H,19,20). The van der Waals surface area contributed by atoms with Gasteiger partial charge in [-0.2, -0.15) is 0 Å². The summed E-state index contributed by atoms with van der Waals surface area (Å²) in [5.74, 6) is 0.809. The number of esters is 1. The predicted molar refractivity (Wildman–Crippen MR) is 99.3 cm³/mol. The van der Waals surface area contributed by atoms with E-state index in [0.29, 0.717) is 13.2 Å². The van der Waals surface area contributed by atoms with Gasteiger partial charge >= 0.3 is 5.97 Å². The maximum atomic E-state index is 12.0. The zero-order chi connectivity index (χ0) is 17.8. The first kappa shape index (κ1) is 20.7. The molecule has 0 amide bonds. The summed E-state index contributed by atoms with van der Waals surface area (Å²) in [7, 11) is 1.81. The van der Waals surface area contributed by atoms with E-state index in [1.165, 1.54) is 6.42 Å². The molecule has 1 unspecified atom stereocenters. The van der Waals surface area contributed by atoms with Crippen LogP contribution < -0.4 is 5.32 Å². The Labute approximate surface area is 147 Å². The third-order valence-electron chi connectivity index (χ3n) is 4.63. The van der Waals surface area contributed by atoms with Crippen LogP contribution in [0.1, 0.15) is 46.5 Å². The molecule has 6 heteroatoms. The van der Waals surface area contributed by atoms with E-state index in [9.17, 15) is 4.79 Å². The molecule has 0 saturated carbocycles. The molecule has 6 nitrogen and oxygen atoms in total. The van der Waals surface area contributed by atoms with E-state index in [0.717, 1.165) is 57.9 Å². The van der Waals surface area contributed by atoms with Crippen LogP contribution in [0.25, 0.3) is 0 Å². The molecule has 0 bridgehead atoms. The van der Waals surface area contributed by atoms with Crippen LogP contribution in [0.2, 0.25) is 0 Å². The number of ether oxygens (including phenoxy) is 1. The van der Waals surface area contributed by atoms with E-state index in [1.54, 1.807) is 0 Å². The molecule has 24 heavy (non-hydrogen) atoms. The molecule has 0 aliphatic carbocycles. The Morgan fingerprint density at radius 3 is 2.67 bits per heavy atom. The normalized spacial score (nSPS) is 18.8. The van der Waals surface area contributed by atoms with Crippen LogP contribution in [0.3, 0.4) is 0 Å². The molecule has 0 radical (unpaired) electrons. The van der Waals surface area contributed by atoms with Gasteiger partial charge in [-0.05, 0) is 52.2 Å². The van der Waals surface area contributed by atoms with Crippen molar-refractivity contribution in [3.63, 3.8) is 0 Å². The van der Waals surface area contributed by atoms with Crippen LogP contribution in [0, 0.1) is 5.92 Å². The molecule has 1 aliphatic heterocycles. The Bertz CT molecular complexity index is 383. The average Bonchev–Trinajstić information content (AvgIpc) is 2.61. The van der Waals surface area contributed by atoms with Crippen LogP contribution >= 0.6 is 0 Å². The first-order valence-corrected chi connectivity index (χ1v) is 9.50. The monoisotopic (exact) mass is 340 g/mol. The lowest BCUT2D eigenvalue weighted by Crippen LogP contribution is -2.48. The number of carbonyl (C=O) groups is 1. The summed E-state index contributed by atoms with van der Waals surface area (Å²) in [6, 6.07) is 0. The molecule has 1 rings (SSSR count). The molecule has 1 saturated heterocycles. The maximum absolute atomic E-state index is 12.0. The molecule has 1 aliphatic rings. The summed E-state index contributed by atoms with van der Waals surface area (Å²) in [5, 5.41) is 3.45. The van der Waals surface area contributed by atoms with E-state index < -0.39 is 0 Å². The summed E-state index contributed by atoms with van der Waals surface area (Å²) in [6.45, 7) is 12.7. The van der Waals surface area contributed by atoms with E-state index in [1.807, 2.05) is 14.0 Å². The highest BCUT2D eigenvalue weighted by atomic mass is 16.5. The van der Waals surface area contributed by atoms with Gasteiger partial charge < -0.3 is 19.9 Å². The highest BCUT2D eigenvalue weighted by Crippen LogP contribution is 2.18. The highest BCUT2D eigenvalue weighted by molar-refractivity contribution is 5.81. The summed E-state index contributed by atoms with van der Waals surface area (Å²) in [6.07, 6.45) is 4.24. The molecular formula is C18H36N4O2. The second-order valence-corrected chi connectivity index (χ2v) is 6.25. The molecule has 0 aromatic rings. The third-order valence-corrected chi connectivity index (χ3v) is 4.63. The second-order valence-electron chi connectivity index (χ2n) is 6.25. The summed E-state index contributed by atoms with van der Waals surface area (Å²) in [5.41, 5.74) is 0. The molecule has 0 aromatic heterocycles. The second kappa shape index (κ2) is 12.1. The zero-order valence-corrected chi connectivity index (χ0v) is 16.0. The number of nitrogens with zero attached hydrogens (tertiary/aromatic N) is 3. The molecule has 1 heterocycles. The van der Waals surface area contributed by atoms with Crippen molar-refractivity contribution in [3.05, 3.63) is 0 Å². The minimum atomic E-state index is -0.0723. The SMILES string of the molecule is CCOC(=O)C1CCCN(C(=NC)NCCCCN(CC)CC)C1. The van der Waals surface area contributed by atoms with Crippen LogP contribution in [-0.2, 0) is 9.53 Å². The lowest BCUT2D eigenvalue weighted by atomic mass is 9.98. The van der Waals surface area contributed by atoms with Gasteiger partial charge in [-0.3, -0.25) is 9.79 Å². The molecule has 1 fully saturated rings. The topological polar surface area (TPSA) is 57.2 Å². The first-order valence-electron chi connectivity index (χ1n) is 9.50. The molecule has 1 atom stereocenters. The Hall–Kier alpha value is -1.30. The Balaban J connectivity index is 2.34. The zero-order valence-electron chi connectivity index (χ0n) is 16.0.